The Morgan fingerprint density at radius 3 is 2.96 bits per heavy atom. The van der Waals surface area contributed by atoms with Gasteiger partial charge in [0.05, 0.1) is 11.7 Å². The molecule has 4 rings (SSSR count). The molecule has 0 spiro atoms. The molecule has 0 radical (unpaired) electrons. The highest BCUT2D eigenvalue weighted by atomic mass is 16.2. The lowest BCUT2D eigenvalue weighted by Crippen LogP contribution is -2.54. The van der Waals surface area contributed by atoms with Crippen LogP contribution in [0.3, 0.4) is 0 Å². The van der Waals surface area contributed by atoms with Gasteiger partial charge in [-0.15, -0.1) is 0 Å². The Bertz CT molecular complexity index is 843. The number of carbonyl (C=O) groups is 1. The Kier molecular flexibility index (Phi) is 4.01. The van der Waals surface area contributed by atoms with Crippen molar-refractivity contribution >= 4 is 16.8 Å². The fourth-order valence-electron chi connectivity index (χ4n) is 3.34. The zero-order valence-corrected chi connectivity index (χ0v) is 13.4. The van der Waals surface area contributed by atoms with Gasteiger partial charge in [-0.2, -0.15) is 5.10 Å². The molecule has 1 unspecified atom stereocenters. The number of fused-ring (bicyclic) bond motifs is 1. The van der Waals surface area contributed by atoms with Gasteiger partial charge in [0, 0.05) is 36.6 Å². The van der Waals surface area contributed by atoms with Gasteiger partial charge in [-0.05, 0) is 30.2 Å². The number of nitrogens with one attached hydrogen (secondary N) is 2. The van der Waals surface area contributed by atoms with Crippen LogP contribution >= 0.6 is 0 Å². The molecular formula is C19H20N4O. The molecule has 2 N–H and O–H groups in total. The Hall–Kier alpha value is -2.66. The summed E-state index contributed by atoms with van der Waals surface area (Å²) in [5.41, 5.74) is 2.94. The molecule has 5 nitrogen and oxygen atoms in total. The first-order chi connectivity index (χ1) is 11.8. The van der Waals surface area contributed by atoms with Gasteiger partial charge < -0.3 is 10.2 Å². The number of nitrogens with zero attached hydrogens (tertiary/aromatic N) is 2. The van der Waals surface area contributed by atoms with Crippen molar-refractivity contribution in [2.24, 2.45) is 0 Å². The molecular weight excluding hydrogens is 300 g/mol. The molecule has 0 bridgehead atoms. The zero-order valence-electron chi connectivity index (χ0n) is 13.4. The van der Waals surface area contributed by atoms with Gasteiger partial charge >= 0.3 is 0 Å². The molecule has 1 atom stereocenters. The number of hydrogen-bond acceptors (Lipinski definition) is 3. The summed E-state index contributed by atoms with van der Waals surface area (Å²) in [7, 11) is 0. The first kappa shape index (κ1) is 14.9. The SMILES string of the molecule is O=C(c1ccc2[nH]ncc2c1)N1CCNCC1Cc1ccccc1. The second-order valence-electron chi connectivity index (χ2n) is 6.22. The van der Waals surface area contributed by atoms with Crippen LogP contribution in [0.1, 0.15) is 15.9 Å². The van der Waals surface area contributed by atoms with Crippen LogP contribution in [0.25, 0.3) is 10.9 Å². The first-order valence-electron chi connectivity index (χ1n) is 8.30. The maximum atomic E-state index is 13.0. The van der Waals surface area contributed by atoms with Crippen LogP contribution in [-0.4, -0.2) is 46.7 Å². The average molecular weight is 320 g/mol. The normalized spacial score (nSPS) is 18.0. The quantitative estimate of drug-likeness (QED) is 0.778. The second-order valence-corrected chi connectivity index (χ2v) is 6.22. The second kappa shape index (κ2) is 6.45. The highest BCUT2D eigenvalue weighted by Crippen LogP contribution is 2.18. The van der Waals surface area contributed by atoms with Crippen LogP contribution in [-0.2, 0) is 6.42 Å². The maximum absolute atomic E-state index is 13.0. The molecule has 1 aromatic heterocycles. The van der Waals surface area contributed by atoms with Crippen LogP contribution in [0, 0.1) is 0 Å². The molecule has 3 aromatic rings. The maximum Gasteiger partial charge on any atom is 0.254 e. The fraction of sp³-hybridized carbons (Fsp3) is 0.263. The Morgan fingerprint density at radius 1 is 1.21 bits per heavy atom. The van der Waals surface area contributed by atoms with Gasteiger partial charge in [0.15, 0.2) is 0 Å². The number of aromatic nitrogens is 2. The molecule has 1 saturated heterocycles. The van der Waals surface area contributed by atoms with Gasteiger partial charge in [-0.25, -0.2) is 0 Å². The van der Waals surface area contributed by atoms with E-state index in [4.69, 9.17) is 0 Å². The fourth-order valence-corrected chi connectivity index (χ4v) is 3.34. The third-order valence-electron chi connectivity index (χ3n) is 4.61. The predicted molar refractivity (Wildman–Crippen MR) is 93.9 cm³/mol. The molecule has 1 fully saturated rings. The van der Waals surface area contributed by atoms with Crippen molar-refractivity contribution in [1.82, 2.24) is 20.4 Å². The van der Waals surface area contributed by atoms with E-state index >= 15 is 0 Å². The first-order valence-corrected chi connectivity index (χ1v) is 8.30. The van der Waals surface area contributed by atoms with Crippen LogP contribution in [0.2, 0.25) is 0 Å². The largest absolute Gasteiger partial charge is 0.333 e. The van der Waals surface area contributed by atoms with Crippen LogP contribution in [0.15, 0.2) is 54.7 Å². The van der Waals surface area contributed by atoms with Gasteiger partial charge in [-0.3, -0.25) is 9.89 Å². The molecule has 1 amide bonds. The van der Waals surface area contributed by atoms with Crippen molar-refractivity contribution < 1.29 is 4.79 Å². The van der Waals surface area contributed by atoms with Crippen molar-refractivity contribution in [1.29, 1.82) is 0 Å². The third-order valence-corrected chi connectivity index (χ3v) is 4.61. The molecule has 5 heteroatoms. The van der Waals surface area contributed by atoms with E-state index in [2.05, 4.69) is 27.6 Å². The molecule has 2 aromatic carbocycles. The minimum Gasteiger partial charge on any atom is -0.333 e. The highest BCUT2D eigenvalue weighted by molar-refractivity contribution is 5.98. The van der Waals surface area contributed by atoms with E-state index in [1.165, 1.54) is 5.56 Å². The highest BCUT2D eigenvalue weighted by Gasteiger charge is 2.27. The van der Waals surface area contributed by atoms with Crippen LogP contribution < -0.4 is 5.32 Å². The Balaban J connectivity index is 1.58. The summed E-state index contributed by atoms with van der Waals surface area (Å²) < 4.78 is 0. The summed E-state index contributed by atoms with van der Waals surface area (Å²) in [4.78, 5) is 15.0. The summed E-state index contributed by atoms with van der Waals surface area (Å²) >= 11 is 0. The number of H-pyrrole nitrogens is 1. The Morgan fingerprint density at radius 2 is 2.08 bits per heavy atom. The minimum absolute atomic E-state index is 0.0977. The van der Waals surface area contributed by atoms with E-state index in [0.29, 0.717) is 0 Å². The summed E-state index contributed by atoms with van der Waals surface area (Å²) in [6.07, 6.45) is 2.62. The lowest BCUT2D eigenvalue weighted by atomic mass is 10.0. The molecule has 1 aliphatic rings. The van der Waals surface area contributed by atoms with E-state index in [1.54, 1.807) is 6.20 Å². The summed E-state index contributed by atoms with van der Waals surface area (Å²) in [6.45, 7) is 2.40. The topological polar surface area (TPSA) is 61.0 Å². The van der Waals surface area contributed by atoms with E-state index < -0.39 is 0 Å². The van der Waals surface area contributed by atoms with E-state index in [9.17, 15) is 4.79 Å². The lowest BCUT2D eigenvalue weighted by Gasteiger charge is -2.36. The zero-order chi connectivity index (χ0) is 16.4. The number of amides is 1. The number of aromatic amines is 1. The smallest absolute Gasteiger partial charge is 0.254 e. The van der Waals surface area contributed by atoms with Crippen LogP contribution in [0.4, 0.5) is 0 Å². The van der Waals surface area contributed by atoms with Crippen molar-refractivity contribution in [2.75, 3.05) is 19.6 Å². The Labute approximate surface area is 140 Å². The summed E-state index contributed by atoms with van der Waals surface area (Å²) in [5, 5.41) is 11.3. The number of benzene rings is 2. The monoisotopic (exact) mass is 320 g/mol. The number of piperazine rings is 1. The van der Waals surface area contributed by atoms with Crippen LogP contribution in [0.5, 0.6) is 0 Å². The number of carbonyl (C=O) groups excluding carboxylic acids is 1. The van der Waals surface area contributed by atoms with Crippen molar-refractivity contribution in [3.05, 3.63) is 65.9 Å². The van der Waals surface area contributed by atoms with Crippen molar-refractivity contribution in [3.8, 4) is 0 Å². The minimum atomic E-state index is 0.0977. The van der Waals surface area contributed by atoms with E-state index in [1.807, 2.05) is 41.3 Å². The number of rotatable bonds is 3. The van der Waals surface area contributed by atoms with Gasteiger partial charge in [0.2, 0.25) is 0 Å². The van der Waals surface area contributed by atoms with E-state index in [0.717, 1.165) is 42.5 Å². The molecule has 0 saturated carbocycles. The lowest BCUT2D eigenvalue weighted by molar-refractivity contribution is 0.0636. The molecule has 122 valence electrons. The van der Waals surface area contributed by atoms with Gasteiger partial charge in [0.25, 0.3) is 5.91 Å². The summed E-state index contributed by atoms with van der Waals surface area (Å²) in [6, 6.07) is 16.2. The molecule has 0 aliphatic carbocycles. The standard InChI is InChI=1S/C19H20N4O/c24-19(15-6-7-18-16(11-15)12-21-22-18)23-9-8-20-13-17(23)10-14-4-2-1-3-5-14/h1-7,11-12,17,20H,8-10,13H2,(H,21,22). The number of hydrogen-bond donors (Lipinski definition) is 2. The average Bonchev–Trinajstić information content (AvgIpc) is 3.10. The van der Waals surface area contributed by atoms with E-state index in [-0.39, 0.29) is 11.9 Å². The predicted octanol–water partition coefficient (Wildman–Crippen LogP) is 2.22. The van der Waals surface area contributed by atoms with Crippen molar-refractivity contribution in [3.63, 3.8) is 0 Å². The van der Waals surface area contributed by atoms with Gasteiger partial charge in [-0.1, -0.05) is 30.3 Å². The van der Waals surface area contributed by atoms with Crippen molar-refractivity contribution in [2.45, 2.75) is 12.5 Å². The summed E-state index contributed by atoms with van der Waals surface area (Å²) in [5.74, 6) is 0.0977. The van der Waals surface area contributed by atoms with Gasteiger partial charge in [0.1, 0.15) is 0 Å². The molecule has 24 heavy (non-hydrogen) atoms. The molecule has 2 heterocycles. The molecule has 1 aliphatic heterocycles. The third kappa shape index (κ3) is 2.90.